The standard InChI is InChI=1S/C19H26BrF3N2O/c20-16-5-4-10-24-17(16)26-13-15-6-11-25(12-7-15)14-18(19(21,22)23)8-2-1-3-9-18/h4-5,10,15H,1-3,6-9,11-14H2. The summed E-state index contributed by atoms with van der Waals surface area (Å²) in [5.41, 5.74) is -1.49. The number of aromatic nitrogens is 1. The topological polar surface area (TPSA) is 25.4 Å². The molecule has 0 N–H and O–H groups in total. The van der Waals surface area contributed by atoms with Crippen molar-refractivity contribution in [2.75, 3.05) is 26.2 Å². The van der Waals surface area contributed by atoms with Crippen molar-refractivity contribution >= 4 is 15.9 Å². The van der Waals surface area contributed by atoms with Crippen molar-refractivity contribution in [1.82, 2.24) is 9.88 Å². The molecule has 146 valence electrons. The van der Waals surface area contributed by atoms with E-state index < -0.39 is 11.6 Å². The third-order valence-electron chi connectivity index (χ3n) is 5.83. The highest BCUT2D eigenvalue weighted by molar-refractivity contribution is 9.10. The minimum Gasteiger partial charge on any atom is -0.477 e. The number of piperidine rings is 1. The number of pyridine rings is 1. The molecule has 2 aliphatic rings. The fraction of sp³-hybridized carbons (Fsp3) is 0.737. The van der Waals surface area contributed by atoms with E-state index in [4.69, 9.17) is 4.74 Å². The summed E-state index contributed by atoms with van der Waals surface area (Å²) in [6.07, 6.45) is 2.23. The number of ether oxygens (including phenoxy) is 1. The second kappa shape index (κ2) is 8.46. The first kappa shape index (κ1) is 19.9. The molecular weight excluding hydrogens is 409 g/mol. The van der Waals surface area contributed by atoms with E-state index in [1.807, 2.05) is 17.0 Å². The van der Waals surface area contributed by atoms with Crippen molar-refractivity contribution in [3.63, 3.8) is 0 Å². The highest BCUT2D eigenvalue weighted by Gasteiger charge is 2.55. The Labute approximate surface area is 161 Å². The van der Waals surface area contributed by atoms with Crippen molar-refractivity contribution in [2.24, 2.45) is 11.3 Å². The van der Waals surface area contributed by atoms with Gasteiger partial charge in [-0.1, -0.05) is 19.3 Å². The average Bonchev–Trinajstić information content (AvgIpc) is 2.62. The maximum absolute atomic E-state index is 13.7. The molecule has 26 heavy (non-hydrogen) atoms. The molecule has 0 aromatic carbocycles. The lowest BCUT2D eigenvalue weighted by molar-refractivity contribution is -0.240. The first-order chi connectivity index (χ1) is 12.4. The Morgan fingerprint density at radius 3 is 2.50 bits per heavy atom. The van der Waals surface area contributed by atoms with Gasteiger partial charge in [-0.2, -0.15) is 13.2 Å². The molecule has 2 fully saturated rings. The predicted octanol–water partition coefficient (Wildman–Crippen LogP) is 5.45. The number of likely N-dealkylation sites (tertiary alicyclic amines) is 1. The third kappa shape index (κ3) is 4.71. The summed E-state index contributed by atoms with van der Waals surface area (Å²) in [4.78, 5) is 6.21. The van der Waals surface area contributed by atoms with Gasteiger partial charge in [-0.05, 0) is 72.8 Å². The molecule has 1 aliphatic heterocycles. The third-order valence-corrected chi connectivity index (χ3v) is 6.43. The SMILES string of the molecule is FC(F)(F)C1(CN2CCC(COc3ncccc3Br)CC2)CCCCC1. The van der Waals surface area contributed by atoms with Crippen LogP contribution >= 0.6 is 15.9 Å². The molecule has 1 aromatic rings. The number of rotatable bonds is 5. The first-order valence-electron chi connectivity index (χ1n) is 9.42. The van der Waals surface area contributed by atoms with Crippen molar-refractivity contribution in [3.8, 4) is 5.88 Å². The van der Waals surface area contributed by atoms with Gasteiger partial charge in [-0.15, -0.1) is 0 Å². The van der Waals surface area contributed by atoms with E-state index in [1.165, 1.54) is 0 Å². The molecule has 0 amide bonds. The van der Waals surface area contributed by atoms with E-state index >= 15 is 0 Å². The molecule has 2 heterocycles. The molecule has 0 unspecified atom stereocenters. The molecular formula is C19H26BrF3N2O. The van der Waals surface area contributed by atoms with Gasteiger partial charge >= 0.3 is 6.18 Å². The number of nitrogens with zero attached hydrogens (tertiary/aromatic N) is 2. The fourth-order valence-electron chi connectivity index (χ4n) is 4.17. The van der Waals surface area contributed by atoms with E-state index in [9.17, 15) is 13.2 Å². The van der Waals surface area contributed by atoms with Crippen LogP contribution < -0.4 is 4.74 Å². The van der Waals surface area contributed by atoms with E-state index in [-0.39, 0.29) is 19.4 Å². The molecule has 1 aromatic heterocycles. The Kier molecular flexibility index (Phi) is 6.49. The Hall–Kier alpha value is -0.820. The molecule has 0 bridgehead atoms. The normalized spacial score (nSPS) is 22.3. The summed E-state index contributed by atoms with van der Waals surface area (Å²) in [5.74, 6) is 0.946. The van der Waals surface area contributed by atoms with E-state index in [2.05, 4.69) is 20.9 Å². The van der Waals surface area contributed by atoms with Gasteiger partial charge in [0.2, 0.25) is 5.88 Å². The van der Waals surface area contributed by atoms with Gasteiger partial charge in [0.15, 0.2) is 0 Å². The van der Waals surface area contributed by atoms with Crippen LogP contribution in [0.1, 0.15) is 44.9 Å². The molecule has 7 heteroatoms. The van der Waals surface area contributed by atoms with Gasteiger partial charge < -0.3 is 9.64 Å². The molecule has 3 nitrogen and oxygen atoms in total. The Morgan fingerprint density at radius 2 is 1.88 bits per heavy atom. The lowest BCUT2D eigenvalue weighted by atomic mass is 9.72. The van der Waals surface area contributed by atoms with Crippen LogP contribution in [0.2, 0.25) is 0 Å². The van der Waals surface area contributed by atoms with Gasteiger partial charge in [0.05, 0.1) is 16.5 Å². The zero-order chi connectivity index (χ0) is 18.6. The van der Waals surface area contributed by atoms with Crippen LogP contribution in [0.5, 0.6) is 5.88 Å². The quantitative estimate of drug-likeness (QED) is 0.615. The number of halogens is 4. The summed E-state index contributed by atoms with van der Waals surface area (Å²) in [6, 6.07) is 3.71. The zero-order valence-corrected chi connectivity index (χ0v) is 16.5. The summed E-state index contributed by atoms with van der Waals surface area (Å²) < 4.78 is 47.7. The largest absolute Gasteiger partial charge is 0.477 e. The van der Waals surface area contributed by atoms with Crippen molar-refractivity contribution in [3.05, 3.63) is 22.8 Å². The molecule has 0 spiro atoms. The molecule has 0 radical (unpaired) electrons. The van der Waals surface area contributed by atoms with Gasteiger partial charge in [0, 0.05) is 12.7 Å². The van der Waals surface area contributed by atoms with Gasteiger partial charge in [0.25, 0.3) is 0 Å². The van der Waals surface area contributed by atoms with Crippen molar-refractivity contribution < 1.29 is 17.9 Å². The average molecular weight is 435 g/mol. The molecule has 1 saturated heterocycles. The van der Waals surface area contributed by atoms with Crippen LogP contribution in [0.25, 0.3) is 0 Å². The Morgan fingerprint density at radius 1 is 1.19 bits per heavy atom. The van der Waals surface area contributed by atoms with Crippen molar-refractivity contribution in [2.45, 2.75) is 51.1 Å². The zero-order valence-electron chi connectivity index (χ0n) is 14.9. The van der Waals surface area contributed by atoms with Crippen LogP contribution in [0.15, 0.2) is 22.8 Å². The van der Waals surface area contributed by atoms with E-state index in [0.717, 1.165) is 36.8 Å². The van der Waals surface area contributed by atoms with Crippen LogP contribution in [-0.4, -0.2) is 42.3 Å². The minimum atomic E-state index is -4.10. The van der Waals surface area contributed by atoms with Crippen LogP contribution in [-0.2, 0) is 0 Å². The second-order valence-electron chi connectivity index (χ2n) is 7.66. The predicted molar refractivity (Wildman–Crippen MR) is 98.2 cm³/mol. The number of hydrogen-bond donors (Lipinski definition) is 0. The molecule has 3 rings (SSSR count). The summed E-state index contributed by atoms with van der Waals surface area (Å²) in [6.45, 7) is 2.16. The van der Waals surface area contributed by atoms with Gasteiger partial charge in [-0.25, -0.2) is 4.98 Å². The lowest BCUT2D eigenvalue weighted by Gasteiger charge is -2.44. The highest BCUT2D eigenvalue weighted by Crippen LogP contribution is 2.49. The first-order valence-corrected chi connectivity index (χ1v) is 10.2. The summed E-state index contributed by atoms with van der Waals surface area (Å²) >= 11 is 3.41. The Bertz CT molecular complexity index is 582. The maximum atomic E-state index is 13.7. The van der Waals surface area contributed by atoms with Crippen LogP contribution in [0, 0.1) is 11.3 Å². The smallest absolute Gasteiger partial charge is 0.395 e. The maximum Gasteiger partial charge on any atom is 0.395 e. The van der Waals surface area contributed by atoms with Crippen molar-refractivity contribution in [1.29, 1.82) is 0 Å². The highest BCUT2D eigenvalue weighted by atomic mass is 79.9. The Balaban J connectivity index is 1.49. The van der Waals surface area contributed by atoms with Crippen LogP contribution in [0.3, 0.4) is 0 Å². The van der Waals surface area contributed by atoms with Gasteiger partial charge in [0.1, 0.15) is 0 Å². The molecule has 1 aliphatic carbocycles. The van der Waals surface area contributed by atoms with Crippen LogP contribution in [0.4, 0.5) is 13.2 Å². The fourth-order valence-corrected chi connectivity index (χ4v) is 4.54. The van der Waals surface area contributed by atoms with E-state index in [1.54, 1.807) is 6.20 Å². The summed E-state index contributed by atoms with van der Waals surface area (Å²) in [7, 11) is 0. The summed E-state index contributed by atoms with van der Waals surface area (Å²) in [5, 5.41) is 0. The molecule has 0 atom stereocenters. The monoisotopic (exact) mass is 434 g/mol. The number of hydrogen-bond acceptors (Lipinski definition) is 3. The van der Waals surface area contributed by atoms with E-state index in [0.29, 0.717) is 31.2 Å². The second-order valence-corrected chi connectivity index (χ2v) is 8.51. The molecule has 1 saturated carbocycles. The lowest BCUT2D eigenvalue weighted by Crippen LogP contribution is -2.50. The minimum absolute atomic E-state index is 0.163. The number of alkyl halides is 3. The van der Waals surface area contributed by atoms with Gasteiger partial charge in [-0.3, -0.25) is 0 Å².